The summed E-state index contributed by atoms with van der Waals surface area (Å²) < 4.78 is 1.99. The minimum Gasteiger partial charge on any atom is -0.481 e. The van der Waals surface area contributed by atoms with E-state index in [1.54, 1.807) is 12.7 Å². The van der Waals surface area contributed by atoms with Gasteiger partial charge >= 0.3 is 5.97 Å². The lowest BCUT2D eigenvalue weighted by Crippen LogP contribution is -2.20. The van der Waals surface area contributed by atoms with Crippen molar-refractivity contribution in [2.24, 2.45) is 5.92 Å². The molecule has 0 amide bonds. The van der Waals surface area contributed by atoms with Crippen molar-refractivity contribution in [3.8, 4) is 0 Å². The molecule has 5 nitrogen and oxygen atoms in total. The number of aliphatic carboxylic acids is 1. The number of hydrogen-bond donors (Lipinski definition) is 1. The lowest BCUT2D eigenvalue weighted by molar-refractivity contribution is -0.138. The largest absolute Gasteiger partial charge is 0.481 e. The highest BCUT2D eigenvalue weighted by Crippen LogP contribution is 2.33. The SMILES string of the molecule is O=C(O)CC1CCCC(n2cnnc2)C1. The van der Waals surface area contributed by atoms with Crippen molar-refractivity contribution in [1.82, 2.24) is 14.8 Å². The fraction of sp³-hybridized carbons (Fsp3) is 0.700. The van der Waals surface area contributed by atoms with Crippen molar-refractivity contribution < 1.29 is 9.90 Å². The van der Waals surface area contributed by atoms with Crippen LogP contribution in [0.4, 0.5) is 0 Å². The molecule has 5 heteroatoms. The van der Waals surface area contributed by atoms with Crippen molar-refractivity contribution >= 4 is 5.97 Å². The maximum Gasteiger partial charge on any atom is 0.303 e. The Morgan fingerprint density at radius 3 is 2.80 bits per heavy atom. The molecule has 2 unspecified atom stereocenters. The van der Waals surface area contributed by atoms with Crippen LogP contribution < -0.4 is 0 Å². The van der Waals surface area contributed by atoms with Gasteiger partial charge < -0.3 is 9.67 Å². The molecule has 1 aliphatic rings. The van der Waals surface area contributed by atoms with E-state index in [0.717, 1.165) is 25.7 Å². The predicted molar refractivity (Wildman–Crippen MR) is 53.3 cm³/mol. The third-order valence-electron chi connectivity index (χ3n) is 3.08. The summed E-state index contributed by atoms with van der Waals surface area (Å²) in [6.07, 6.45) is 7.89. The predicted octanol–water partition coefficient (Wildman–Crippen LogP) is 1.48. The van der Waals surface area contributed by atoms with Crippen LogP contribution >= 0.6 is 0 Å². The molecule has 1 saturated carbocycles. The highest BCUT2D eigenvalue weighted by atomic mass is 16.4. The lowest BCUT2D eigenvalue weighted by Gasteiger charge is -2.28. The molecule has 82 valence electrons. The van der Waals surface area contributed by atoms with Crippen LogP contribution in [0.3, 0.4) is 0 Å². The molecular weight excluding hydrogens is 194 g/mol. The summed E-state index contributed by atoms with van der Waals surface area (Å²) in [7, 11) is 0. The van der Waals surface area contributed by atoms with Gasteiger partial charge in [0.05, 0.1) is 0 Å². The zero-order valence-electron chi connectivity index (χ0n) is 8.54. The minimum absolute atomic E-state index is 0.290. The van der Waals surface area contributed by atoms with E-state index in [9.17, 15) is 4.79 Å². The van der Waals surface area contributed by atoms with Gasteiger partial charge in [-0.3, -0.25) is 4.79 Å². The second kappa shape index (κ2) is 4.42. The third kappa shape index (κ3) is 2.55. The number of carboxylic acids is 1. The molecule has 0 radical (unpaired) electrons. The van der Waals surface area contributed by atoms with Gasteiger partial charge in [-0.2, -0.15) is 0 Å². The molecule has 0 bridgehead atoms. The third-order valence-corrected chi connectivity index (χ3v) is 3.08. The lowest BCUT2D eigenvalue weighted by atomic mass is 9.84. The van der Waals surface area contributed by atoms with Crippen LogP contribution in [0.15, 0.2) is 12.7 Å². The molecule has 1 fully saturated rings. The van der Waals surface area contributed by atoms with Crippen LogP contribution in [0.5, 0.6) is 0 Å². The highest BCUT2D eigenvalue weighted by molar-refractivity contribution is 5.67. The van der Waals surface area contributed by atoms with Crippen LogP contribution in [0.1, 0.15) is 38.1 Å². The Labute approximate surface area is 88.1 Å². The molecule has 1 heterocycles. The summed E-state index contributed by atoms with van der Waals surface area (Å²) in [4.78, 5) is 10.6. The Kier molecular flexibility index (Phi) is 2.99. The highest BCUT2D eigenvalue weighted by Gasteiger charge is 2.24. The molecule has 2 rings (SSSR count). The zero-order valence-corrected chi connectivity index (χ0v) is 8.54. The number of nitrogens with zero attached hydrogens (tertiary/aromatic N) is 3. The normalized spacial score (nSPS) is 26.4. The minimum atomic E-state index is -0.690. The van der Waals surface area contributed by atoms with Gasteiger partial charge in [-0.15, -0.1) is 10.2 Å². The second-order valence-electron chi connectivity index (χ2n) is 4.19. The van der Waals surface area contributed by atoms with E-state index in [1.165, 1.54) is 0 Å². The summed E-state index contributed by atoms with van der Waals surface area (Å²) >= 11 is 0. The number of carbonyl (C=O) groups is 1. The Morgan fingerprint density at radius 2 is 2.13 bits per heavy atom. The maximum absolute atomic E-state index is 10.6. The van der Waals surface area contributed by atoms with Crippen molar-refractivity contribution in [2.45, 2.75) is 38.1 Å². The van der Waals surface area contributed by atoms with Crippen molar-refractivity contribution in [2.75, 3.05) is 0 Å². The van der Waals surface area contributed by atoms with Crippen LogP contribution in [0.2, 0.25) is 0 Å². The van der Waals surface area contributed by atoms with Gasteiger partial charge in [0.25, 0.3) is 0 Å². The second-order valence-corrected chi connectivity index (χ2v) is 4.19. The first kappa shape index (κ1) is 10.1. The molecule has 0 saturated heterocycles. The number of rotatable bonds is 3. The van der Waals surface area contributed by atoms with E-state index < -0.39 is 5.97 Å². The van der Waals surface area contributed by atoms with Crippen LogP contribution in [-0.4, -0.2) is 25.8 Å². The molecular formula is C10H15N3O2. The van der Waals surface area contributed by atoms with Gasteiger partial charge in [0.1, 0.15) is 12.7 Å². The molecule has 15 heavy (non-hydrogen) atoms. The van der Waals surface area contributed by atoms with Gasteiger partial charge in [0.15, 0.2) is 0 Å². The fourth-order valence-corrected chi connectivity index (χ4v) is 2.36. The summed E-state index contributed by atoms with van der Waals surface area (Å²) in [5.41, 5.74) is 0. The Hall–Kier alpha value is -1.39. The van der Waals surface area contributed by atoms with Crippen LogP contribution in [0, 0.1) is 5.92 Å². The van der Waals surface area contributed by atoms with E-state index in [0.29, 0.717) is 18.4 Å². The van der Waals surface area contributed by atoms with Crippen molar-refractivity contribution in [1.29, 1.82) is 0 Å². The molecule has 1 N–H and O–H groups in total. The number of carboxylic acid groups (broad SMARTS) is 1. The van der Waals surface area contributed by atoms with Gasteiger partial charge in [0, 0.05) is 12.5 Å². The van der Waals surface area contributed by atoms with Gasteiger partial charge in [0.2, 0.25) is 0 Å². The summed E-state index contributed by atoms with van der Waals surface area (Å²) in [5, 5.41) is 16.3. The Morgan fingerprint density at radius 1 is 1.40 bits per heavy atom. The van der Waals surface area contributed by atoms with Gasteiger partial charge in [-0.05, 0) is 25.2 Å². The zero-order chi connectivity index (χ0) is 10.7. The summed E-state index contributed by atoms with van der Waals surface area (Å²) in [5.74, 6) is -0.381. The quantitative estimate of drug-likeness (QED) is 0.818. The maximum atomic E-state index is 10.6. The van der Waals surface area contributed by atoms with E-state index in [2.05, 4.69) is 10.2 Å². The van der Waals surface area contributed by atoms with E-state index >= 15 is 0 Å². The average Bonchev–Trinajstić information content (AvgIpc) is 2.69. The number of hydrogen-bond acceptors (Lipinski definition) is 3. The molecule has 0 aromatic carbocycles. The van der Waals surface area contributed by atoms with Crippen LogP contribution in [0.25, 0.3) is 0 Å². The topological polar surface area (TPSA) is 68.0 Å². The molecule has 0 spiro atoms. The van der Waals surface area contributed by atoms with Gasteiger partial charge in [-0.25, -0.2) is 0 Å². The Balaban J connectivity index is 1.95. The van der Waals surface area contributed by atoms with Crippen molar-refractivity contribution in [3.05, 3.63) is 12.7 Å². The molecule has 1 aliphatic carbocycles. The first-order valence-electron chi connectivity index (χ1n) is 5.31. The fourth-order valence-electron chi connectivity index (χ4n) is 2.36. The number of aromatic nitrogens is 3. The first-order chi connectivity index (χ1) is 7.25. The van der Waals surface area contributed by atoms with Gasteiger partial charge in [-0.1, -0.05) is 6.42 Å². The monoisotopic (exact) mass is 209 g/mol. The molecule has 1 aromatic rings. The van der Waals surface area contributed by atoms with Crippen molar-refractivity contribution in [3.63, 3.8) is 0 Å². The summed E-state index contributed by atoms with van der Waals surface area (Å²) in [6.45, 7) is 0. The standard InChI is InChI=1S/C10H15N3O2/c14-10(15)5-8-2-1-3-9(4-8)13-6-11-12-7-13/h6-9H,1-5H2,(H,14,15). The van der Waals surface area contributed by atoms with Crippen LogP contribution in [-0.2, 0) is 4.79 Å². The first-order valence-corrected chi connectivity index (χ1v) is 5.31. The molecule has 0 aliphatic heterocycles. The molecule has 2 atom stereocenters. The van der Waals surface area contributed by atoms with E-state index in [-0.39, 0.29) is 0 Å². The Bertz CT molecular complexity index is 323. The smallest absolute Gasteiger partial charge is 0.303 e. The average molecular weight is 209 g/mol. The van der Waals surface area contributed by atoms with E-state index in [1.807, 2.05) is 4.57 Å². The summed E-state index contributed by atoms with van der Waals surface area (Å²) in [6, 6.07) is 0.387. The molecule has 1 aromatic heterocycles. The van der Waals surface area contributed by atoms with E-state index in [4.69, 9.17) is 5.11 Å².